The first kappa shape index (κ1) is 19.6. The van der Waals surface area contributed by atoms with Crippen LogP contribution in [0.3, 0.4) is 0 Å². The monoisotopic (exact) mass is 376 g/mol. The van der Waals surface area contributed by atoms with Gasteiger partial charge in [0.1, 0.15) is 5.69 Å². The van der Waals surface area contributed by atoms with Gasteiger partial charge in [0, 0.05) is 25.6 Å². The van der Waals surface area contributed by atoms with E-state index >= 15 is 0 Å². The third kappa shape index (κ3) is 4.95. The Kier molecular flexibility index (Phi) is 6.62. The van der Waals surface area contributed by atoms with Crippen molar-refractivity contribution in [3.05, 3.63) is 29.3 Å². The highest BCUT2D eigenvalue weighted by molar-refractivity contribution is 5.79. The van der Waals surface area contributed by atoms with Crippen molar-refractivity contribution in [2.75, 3.05) is 44.2 Å². The summed E-state index contributed by atoms with van der Waals surface area (Å²) in [5, 5.41) is 11.8. The Hall–Kier alpha value is -2.20. The predicted molar refractivity (Wildman–Crippen MR) is 99.3 cm³/mol. The van der Waals surface area contributed by atoms with Gasteiger partial charge in [-0.25, -0.2) is 8.78 Å². The molecule has 0 atom stereocenters. The molecular weight excluding hydrogens is 350 g/mol. The van der Waals surface area contributed by atoms with Gasteiger partial charge < -0.3 is 15.1 Å². The van der Waals surface area contributed by atoms with Gasteiger partial charge in [0.05, 0.1) is 11.6 Å². The number of carbonyl (C=O) groups is 1. The summed E-state index contributed by atoms with van der Waals surface area (Å²) < 4.78 is 28.3. The first-order valence-electron chi connectivity index (χ1n) is 9.72. The second kappa shape index (κ2) is 9.14. The minimum absolute atomic E-state index is 0.0306. The molecule has 3 rings (SSSR count). The number of anilines is 1. The Balaban J connectivity index is 1.44. The fourth-order valence-electron chi connectivity index (χ4n) is 3.96. The number of nitriles is 1. The molecule has 1 amide bonds. The smallest absolute Gasteiger partial charge is 0.223 e. The Morgan fingerprint density at radius 1 is 1.15 bits per heavy atom. The summed E-state index contributed by atoms with van der Waals surface area (Å²) in [6.07, 6.45) is 4.62. The zero-order valence-corrected chi connectivity index (χ0v) is 15.5. The minimum atomic E-state index is -0.726. The molecule has 0 aliphatic carbocycles. The number of carbonyl (C=O) groups excluding carboxylic acids is 1. The summed E-state index contributed by atoms with van der Waals surface area (Å²) in [4.78, 5) is 16.4. The Morgan fingerprint density at radius 2 is 1.78 bits per heavy atom. The fraction of sp³-hybridized carbons (Fsp3) is 0.600. The molecule has 2 fully saturated rings. The number of hydrogen-bond acceptors (Lipinski definition) is 4. The normalized spacial score (nSPS) is 18.5. The number of halogens is 2. The molecule has 2 aliphatic rings. The molecular formula is C20H26F2N4O. The van der Waals surface area contributed by atoms with Crippen molar-refractivity contribution >= 4 is 11.6 Å². The first-order chi connectivity index (χ1) is 13.1. The van der Waals surface area contributed by atoms with Crippen LogP contribution in [-0.4, -0.2) is 50.1 Å². The van der Waals surface area contributed by atoms with Crippen LogP contribution in [0.1, 0.15) is 37.7 Å². The number of piperidine rings is 1. The van der Waals surface area contributed by atoms with Gasteiger partial charge in [0.2, 0.25) is 5.91 Å². The molecule has 7 heteroatoms. The molecule has 5 nitrogen and oxygen atoms in total. The summed E-state index contributed by atoms with van der Waals surface area (Å²) in [7, 11) is 0. The van der Waals surface area contributed by atoms with E-state index in [9.17, 15) is 13.6 Å². The van der Waals surface area contributed by atoms with E-state index in [1.165, 1.54) is 12.8 Å². The number of hydrogen-bond donors (Lipinski definition) is 1. The van der Waals surface area contributed by atoms with Crippen LogP contribution in [0.4, 0.5) is 14.5 Å². The minimum Gasteiger partial charge on any atom is -0.367 e. The zero-order valence-electron chi connectivity index (χ0n) is 15.5. The average molecular weight is 376 g/mol. The van der Waals surface area contributed by atoms with Gasteiger partial charge in [-0.05, 0) is 63.9 Å². The van der Waals surface area contributed by atoms with Crippen LogP contribution < -0.4 is 10.2 Å². The predicted octanol–water partition coefficient (Wildman–Crippen LogP) is 2.65. The molecule has 0 spiro atoms. The zero-order chi connectivity index (χ0) is 19.2. The van der Waals surface area contributed by atoms with Gasteiger partial charge in [-0.1, -0.05) is 0 Å². The van der Waals surface area contributed by atoms with Gasteiger partial charge in [-0.15, -0.1) is 0 Å². The fourth-order valence-corrected chi connectivity index (χ4v) is 3.96. The lowest BCUT2D eigenvalue weighted by Gasteiger charge is -2.33. The summed E-state index contributed by atoms with van der Waals surface area (Å²) in [5.74, 6) is -1.53. The van der Waals surface area contributed by atoms with Crippen LogP contribution in [0.5, 0.6) is 0 Å². The lowest BCUT2D eigenvalue weighted by Crippen LogP contribution is -2.41. The number of amides is 1. The van der Waals surface area contributed by atoms with E-state index < -0.39 is 11.6 Å². The van der Waals surface area contributed by atoms with Crippen molar-refractivity contribution in [3.63, 3.8) is 0 Å². The maximum atomic E-state index is 14.2. The van der Waals surface area contributed by atoms with Crippen molar-refractivity contribution in [2.24, 2.45) is 5.92 Å². The molecule has 1 aromatic rings. The molecule has 2 saturated heterocycles. The summed E-state index contributed by atoms with van der Waals surface area (Å²) in [6, 6.07) is 3.85. The third-order valence-electron chi connectivity index (χ3n) is 5.48. The molecule has 27 heavy (non-hydrogen) atoms. The molecule has 0 aromatic heterocycles. The van der Waals surface area contributed by atoms with Gasteiger partial charge in [-0.3, -0.25) is 4.79 Å². The largest absolute Gasteiger partial charge is 0.367 e. The number of likely N-dealkylation sites (tertiary alicyclic amines) is 1. The molecule has 1 N–H and O–H groups in total. The average Bonchev–Trinajstić information content (AvgIpc) is 3.18. The molecule has 0 unspecified atom stereocenters. The second-order valence-corrected chi connectivity index (χ2v) is 7.35. The van der Waals surface area contributed by atoms with Crippen molar-refractivity contribution in [1.82, 2.24) is 10.2 Å². The van der Waals surface area contributed by atoms with E-state index in [-0.39, 0.29) is 23.1 Å². The Labute approximate surface area is 158 Å². The highest BCUT2D eigenvalue weighted by Gasteiger charge is 2.28. The van der Waals surface area contributed by atoms with E-state index in [4.69, 9.17) is 5.26 Å². The van der Waals surface area contributed by atoms with E-state index in [1.54, 1.807) is 11.0 Å². The quantitative estimate of drug-likeness (QED) is 0.776. The first-order valence-corrected chi connectivity index (χ1v) is 9.72. The highest BCUT2D eigenvalue weighted by Crippen LogP contribution is 2.29. The molecule has 146 valence electrons. The van der Waals surface area contributed by atoms with Gasteiger partial charge in [0.15, 0.2) is 11.6 Å². The number of benzene rings is 1. The lowest BCUT2D eigenvalue weighted by molar-refractivity contribution is -0.125. The summed E-state index contributed by atoms with van der Waals surface area (Å²) in [5.41, 5.74) is -0.129. The Morgan fingerprint density at radius 3 is 2.37 bits per heavy atom. The molecule has 0 bridgehead atoms. The topological polar surface area (TPSA) is 59.4 Å². The van der Waals surface area contributed by atoms with Crippen LogP contribution in [-0.2, 0) is 4.79 Å². The maximum Gasteiger partial charge on any atom is 0.223 e. The lowest BCUT2D eigenvalue weighted by atomic mass is 9.95. The third-order valence-corrected chi connectivity index (χ3v) is 5.48. The van der Waals surface area contributed by atoms with Gasteiger partial charge in [-0.2, -0.15) is 5.26 Å². The van der Waals surface area contributed by atoms with E-state index in [1.807, 2.05) is 0 Å². The van der Waals surface area contributed by atoms with Crippen LogP contribution in [0.2, 0.25) is 0 Å². The van der Waals surface area contributed by atoms with Crippen LogP contribution in [0.25, 0.3) is 0 Å². The van der Waals surface area contributed by atoms with Crippen molar-refractivity contribution in [1.29, 1.82) is 5.26 Å². The van der Waals surface area contributed by atoms with Crippen molar-refractivity contribution in [2.45, 2.75) is 32.1 Å². The molecule has 1 aromatic carbocycles. The maximum absolute atomic E-state index is 14.2. The number of nitrogens with zero attached hydrogens (tertiary/aromatic N) is 3. The summed E-state index contributed by atoms with van der Waals surface area (Å²) in [6.45, 7) is 4.87. The van der Waals surface area contributed by atoms with Gasteiger partial charge in [0.25, 0.3) is 0 Å². The molecule has 0 saturated carbocycles. The van der Waals surface area contributed by atoms with Crippen LogP contribution in [0, 0.1) is 28.9 Å². The standard InChI is InChI=1S/C20H26F2N4O/c21-17-12-15(14-23)13-18(22)19(17)26-10-4-16(5-11-26)20(27)24-6-3-9-25-7-1-2-8-25/h12-13,16H,1-11H2,(H,24,27). The van der Waals surface area contributed by atoms with E-state index in [2.05, 4.69) is 10.2 Å². The summed E-state index contributed by atoms with van der Waals surface area (Å²) >= 11 is 0. The SMILES string of the molecule is N#Cc1cc(F)c(N2CCC(C(=O)NCCCN3CCCC3)CC2)c(F)c1. The molecule has 2 aliphatic heterocycles. The van der Waals surface area contributed by atoms with Crippen LogP contribution in [0.15, 0.2) is 12.1 Å². The number of nitrogens with one attached hydrogen (secondary N) is 1. The van der Waals surface area contributed by atoms with Crippen molar-refractivity contribution in [3.8, 4) is 6.07 Å². The van der Waals surface area contributed by atoms with Crippen LogP contribution >= 0.6 is 0 Å². The number of rotatable bonds is 6. The van der Waals surface area contributed by atoms with Gasteiger partial charge >= 0.3 is 0 Å². The molecule has 2 heterocycles. The molecule has 0 radical (unpaired) electrons. The van der Waals surface area contributed by atoms with E-state index in [0.717, 1.165) is 38.2 Å². The second-order valence-electron chi connectivity index (χ2n) is 7.35. The highest BCUT2D eigenvalue weighted by atomic mass is 19.1. The Bertz CT molecular complexity index is 681. The van der Waals surface area contributed by atoms with E-state index in [0.29, 0.717) is 32.5 Å². The van der Waals surface area contributed by atoms with Crippen molar-refractivity contribution < 1.29 is 13.6 Å².